The van der Waals surface area contributed by atoms with Crippen molar-refractivity contribution in [2.45, 2.75) is 6.54 Å². The molecule has 1 fully saturated rings. The molecule has 6 heteroatoms. The Labute approximate surface area is 156 Å². The number of rotatable bonds is 4. The topological polar surface area (TPSA) is 32.3 Å². The van der Waals surface area contributed by atoms with Crippen LogP contribution < -0.4 is 10.2 Å². The van der Waals surface area contributed by atoms with E-state index < -0.39 is 0 Å². The highest BCUT2D eigenvalue weighted by Gasteiger charge is 2.12. The van der Waals surface area contributed by atoms with Gasteiger partial charge in [0.15, 0.2) is 0 Å². The van der Waals surface area contributed by atoms with Gasteiger partial charge in [-0.2, -0.15) is 11.8 Å². The lowest BCUT2D eigenvalue weighted by molar-refractivity contribution is 0.0951. The van der Waals surface area contributed by atoms with E-state index in [0.29, 0.717) is 22.2 Å². The minimum atomic E-state index is -0.200. The van der Waals surface area contributed by atoms with Crippen molar-refractivity contribution < 1.29 is 4.79 Å². The van der Waals surface area contributed by atoms with E-state index in [9.17, 15) is 4.79 Å². The normalized spacial score (nSPS) is 14.5. The van der Waals surface area contributed by atoms with Gasteiger partial charge < -0.3 is 10.2 Å². The standard InChI is InChI=1S/C18H18Cl2N2OS/c19-14-3-6-16(17(20)11-14)18(23)21-12-13-1-4-15(5-2-13)22-7-9-24-10-8-22/h1-6,11H,7-10,12H2,(H,21,23). The Morgan fingerprint density at radius 3 is 2.46 bits per heavy atom. The number of amides is 1. The summed E-state index contributed by atoms with van der Waals surface area (Å²) in [5.41, 5.74) is 2.73. The summed E-state index contributed by atoms with van der Waals surface area (Å²) in [4.78, 5) is 14.6. The summed E-state index contributed by atoms with van der Waals surface area (Å²) in [6.07, 6.45) is 0. The minimum absolute atomic E-state index is 0.200. The van der Waals surface area contributed by atoms with Crippen molar-refractivity contribution in [3.8, 4) is 0 Å². The molecule has 0 aromatic heterocycles. The molecule has 2 aromatic carbocycles. The predicted molar refractivity (Wildman–Crippen MR) is 104 cm³/mol. The van der Waals surface area contributed by atoms with E-state index in [4.69, 9.17) is 23.2 Å². The summed E-state index contributed by atoms with van der Waals surface area (Å²) in [5.74, 6) is 2.16. The van der Waals surface area contributed by atoms with Crippen molar-refractivity contribution in [2.24, 2.45) is 0 Å². The molecule has 1 aliphatic heterocycles. The highest BCUT2D eigenvalue weighted by molar-refractivity contribution is 7.99. The van der Waals surface area contributed by atoms with E-state index in [0.717, 1.165) is 18.7 Å². The van der Waals surface area contributed by atoms with E-state index in [1.807, 2.05) is 11.8 Å². The first-order valence-electron chi connectivity index (χ1n) is 7.78. The molecule has 3 nitrogen and oxygen atoms in total. The summed E-state index contributed by atoms with van der Waals surface area (Å²) in [5, 5.41) is 3.77. The summed E-state index contributed by atoms with van der Waals surface area (Å²) in [6.45, 7) is 2.65. The molecule has 0 saturated carbocycles. The fraction of sp³-hybridized carbons (Fsp3) is 0.278. The molecule has 0 radical (unpaired) electrons. The van der Waals surface area contributed by atoms with E-state index in [-0.39, 0.29) is 5.91 Å². The van der Waals surface area contributed by atoms with Gasteiger partial charge in [0.1, 0.15) is 0 Å². The molecule has 3 rings (SSSR count). The van der Waals surface area contributed by atoms with Gasteiger partial charge in [-0.15, -0.1) is 0 Å². The zero-order valence-electron chi connectivity index (χ0n) is 13.1. The zero-order valence-corrected chi connectivity index (χ0v) is 15.4. The van der Waals surface area contributed by atoms with Crippen molar-refractivity contribution >= 4 is 46.6 Å². The number of halogens is 2. The number of nitrogens with one attached hydrogen (secondary N) is 1. The molecule has 1 saturated heterocycles. The SMILES string of the molecule is O=C(NCc1ccc(N2CCSCC2)cc1)c1ccc(Cl)cc1Cl. The Bertz CT molecular complexity index is 715. The van der Waals surface area contributed by atoms with Gasteiger partial charge in [0.25, 0.3) is 5.91 Å². The fourth-order valence-corrected chi connectivity index (χ4v) is 3.99. The maximum atomic E-state index is 12.2. The highest BCUT2D eigenvalue weighted by atomic mass is 35.5. The smallest absolute Gasteiger partial charge is 0.253 e. The lowest BCUT2D eigenvalue weighted by Gasteiger charge is -2.28. The monoisotopic (exact) mass is 380 g/mol. The van der Waals surface area contributed by atoms with Crippen molar-refractivity contribution in [1.29, 1.82) is 0 Å². The number of carbonyl (C=O) groups excluding carboxylic acids is 1. The second-order valence-corrected chi connectivity index (χ2v) is 7.64. The molecular formula is C18H18Cl2N2OS. The second kappa shape index (κ2) is 8.15. The van der Waals surface area contributed by atoms with Gasteiger partial charge in [0.05, 0.1) is 10.6 Å². The molecule has 2 aromatic rings. The molecule has 1 aliphatic rings. The molecule has 24 heavy (non-hydrogen) atoms. The van der Waals surface area contributed by atoms with Crippen LogP contribution in [-0.2, 0) is 6.54 Å². The first-order valence-corrected chi connectivity index (χ1v) is 9.69. The Morgan fingerprint density at radius 1 is 1.08 bits per heavy atom. The van der Waals surface area contributed by atoms with Crippen LogP contribution in [-0.4, -0.2) is 30.5 Å². The third kappa shape index (κ3) is 4.38. The molecular weight excluding hydrogens is 363 g/mol. The fourth-order valence-electron chi connectivity index (χ4n) is 2.60. The van der Waals surface area contributed by atoms with E-state index in [1.165, 1.54) is 17.2 Å². The van der Waals surface area contributed by atoms with Crippen molar-refractivity contribution in [3.63, 3.8) is 0 Å². The van der Waals surface area contributed by atoms with Gasteiger partial charge in [0, 0.05) is 41.8 Å². The zero-order chi connectivity index (χ0) is 16.9. The third-order valence-electron chi connectivity index (χ3n) is 3.94. The van der Waals surface area contributed by atoms with Gasteiger partial charge in [-0.05, 0) is 35.9 Å². The minimum Gasteiger partial charge on any atom is -0.370 e. The average Bonchev–Trinajstić information content (AvgIpc) is 2.61. The number of benzene rings is 2. The van der Waals surface area contributed by atoms with Crippen LogP contribution in [0, 0.1) is 0 Å². The lowest BCUT2D eigenvalue weighted by atomic mass is 10.1. The number of thioether (sulfide) groups is 1. The maximum Gasteiger partial charge on any atom is 0.253 e. The van der Waals surface area contributed by atoms with Crippen LogP contribution in [0.4, 0.5) is 5.69 Å². The molecule has 1 amide bonds. The van der Waals surface area contributed by atoms with Crippen LogP contribution in [0.1, 0.15) is 15.9 Å². The van der Waals surface area contributed by atoms with Crippen LogP contribution in [0.5, 0.6) is 0 Å². The summed E-state index contributed by atoms with van der Waals surface area (Å²) in [7, 11) is 0. The van der Waals surface area contributed by atoms with Crippen LogP contribution in [0.2, 0.25) is 10.0 Å². The summed E-state index contributed by atoms with van der Waals surface area (Å²) in [6, 6.07) is 13.2. The average molecular weight is 381 g/mol. The molecule has 0 atom stereocenters. The van der Waals surface area contributed by atoms with Crippen molar-refractivity contribution in [3.05, 3.63) is 63.6 Å². The van der Waals surface area contributed by atoms with E-state index >= 15 is 0 Å². The van der Waals surface area contributed by atoms with Crippen LogP contribution in [0.3, 0.4) is 0 Å². The summed E-state index contributed by atoms with van der Waals surface area (Å²) >= 11 is 13.9. The van der Waals surface area contributed by atoms with Gasteiger partial charge in [-0.25, -0.2) is 0 Å². The number of nitrogens with zero attached hydrogens (tertiary/aromatic N) is 1. The Hall–Kier alpha value is -1.36. The Kier molecular flexibility index (Phi) is 5.93. The molecule has 0 aliphatic carbocycles. The molecule has 1 heterocycles. The number of anilines is 1. The molecule has 0 unspecified atom stereocenters. The molecule has 0 bridgehead atoms. The van der Waals surface area contributed by atoms with Crippen molar-refractivity contribution in [2.75, 3.05) is 29.5 Å². The largest absolute Gasteiger partial charge is 0.370 e. The Morgan fingerprint density at radius 2 is 1.79 bits per heavy atom. The quantitative estimate of drug-likeness (QED) is 0.848. The van der Waals surface area contributed by atoms with Crippen molar-refractivity contribution in [1.82, 2.24) is 5.32 Å². The number of hydrogen-bond acceptors (Lipinski definition) is 3. The third-order valence-corrected chi connectivity index (χ3v) is 5.43. The summed E-state index contributed by atoms with van der Waals surface area (Å²) < 4.78 is 0. The Balaban J connectivity index is 1.59. The highest BCUT2D eigenvalue weighted by Crippen LogP contribution is 2.22. The van der Waals surface area contributed by atoms with Crippen LogP contribution >= 0.6 is 35.0 Å². The van der Waals surface area contributed by atoms with Gasteiger partial charge in [-0.1, -0.05) is 35.3 Å². The number of carbonyl (C=O) groups is 1. The molecule has 126 valence electrons. The maximum absolute atomic E-state index is 12.2. The molecule has 1 N–H and O–H groups in total. The first-order chi connectivity index (χ1) is 11.6. The van der Waals surface area contributed by atoms with E-state index in [2.05, 4.69) is 34.5 Å². The van der Waals surface area contributed by atoms with E-state index in [1.54, 1.807) is 18.2 Å². The van der Waals surface area contributed by atoms with Crippen LogP contribution in [0.15, 0.2) is 42.5 Å². The van der Waals surface area contributed by atoms with Gasteiger partial charge >= 0.3 is 0 Å². The first kappa shape index (κ1) is 17.5. The van der Waals surface area contributed by atoms with Gasteiger partial charge in [-0.3, -0.25) is 4.79 Å². The van der Waals surface area contributed by atoms with Gasteiger partial charge in [0.2, 0.25) is 0 Å². The number of hydrogen-bond donors (Lipinski definition) is 1. The second-order valence-electron chi connectivity index (χ2n) is 5.57. The molecule has 0 spiro atoms. The lowest BCUT2D eigenvalue weighted by Crippen LogP contribution is -2.32. The van der Waals surface area contributed by atoms with Crippen LogP contribution in [0.25, 0.3) is 0 Å². The predicted octanol–water partition coefficient (Wildman–Crippen LogP) is 4.48.